The van der Waals surface area contributed by atoms with E-state index in [4.69, 9.17) is 10.5 Å². The maximum atomic E-state index is 12.0. The van der Waals surface area contributed by atoms with E-state index in [1.165, 1.54) is 0 Å². The second kappa shape index (κ2) is 10.7. The SMILES string of the molecule is Cl.NC(Cc1ccccc1)C(O)C(=O)CCCN1CCOCC1. The first-order valence-electron chi connectivity index (χ1n) is 7.97. The van der Waals surface area contributed by atoms with E-state index in [1.54, 1.807) is 0 Å². The molecule has 0 spiro atoms. The van der Waals surface area contributed by atoms with Gasteiger partial charge in [-0.3, -0.25) is 9.69 Å². The smallest absolute Gasteiger partial charge is 0.162 e. The van der Waals surface area contributed by atoms with Crippen LogP contribution in [0.1, 0.15) is 18.4 Å². The number of rotatable bonds is 8. The zero-order valence-corrected chi connectivity index (χ0v) is 14.2. The molecule has 1 aliphatic rings. The van der Waals surface area contributed by atoms with Gasteiger partial charge in [0.05, 0.1) is 13.2 Å². The van der Waals surface area contributed by atoms with Crippen LogP contribution >= 0.6 is 12.4 Å². The van der Waals surface area contributed by atoms with Crippen molar-refractivity contribution in [2.45, 2.75) is 31.4 Å². The molecule has 3 N–H and O–H groups in total. The minimum Gasteiger partial charge on any atom is -0.384 e. The molecule has 1 saturated heterocycles. The molecule has 1 fully saturated rings. The molecule has 2 atom stereocenters. The third kappa shape index (κ3) is 6.97. The van der Waals surface area contributed by atoms with E-state index < -0.39 is 12.1 Å². The Morgan fingerprint density at radius 3 is 2.57 bits per heavy atom. The van der Waals surface area contributed by atoms with E-state index in [0.29, 0.717) is 12.8 Å². The lowest BCUT2D eigenvalue weighted by Gasteiger charge is -2.26. The largest absolute Gasteiger partial charge is 0.384 e. The molecule has 5 nitrogen and oxygen atoms in total. The third-order valence-corrected chi connectivity index (χ3v) is 4.05. The van der Waals surface area contributed by atoms with Crippen LogP contribution in [0.15, 0.2) is 30.3 Å². The van der Waals surface area contributed by atoms with Crippen molar-refractivity contribution >= 4 is 18.2 Å². The van der Waals surface area contributed by atoms with Gasteiger partial charge in [0, 0.05) is 25.6 Å². The number of hydrogen-bond donors (Lipinski definition) is 2. The summed E-state index contributed by atoms with van der Waals surface area (Å²) >= 11 is 0. The van der Waals surface area contributed by atoms with Gasteiger partial charge in [0.2, 0.25) is 0 Å². The Kier molecular flexibility index (Phi) is 9.36. The minimum absolute atomic E-state index is 0. The Bertz CT molecular complexity index is 452. The number of carbonyl (C=O) groups is 1. The number of hydrogen-bond acceptors (Lipinski definition) is 5. The van der Waals surface area contributed by atoms with Crippen LogP contribution in [0.4, 0.5) is 0 Å². The lowest BCUT2D eigenvalue weighted by molar-refractivity contribution is -0.128. The highest BCUT2D eigenvalue weighted by Gasteiger charge is 2.22. The summed E-state index contributed by atoms with van der Waals surface area (Å²) in [4.78, 5) is 14.3. The van der Waals surface area contributed by atoms with Gasteiger partial charge < -0.3 is 15.6 Å². The number of nitrogens with zero attached hydrogens (tertiary/aromatic N) is 1. The predicted octanol–water partition coefficient (Wildman–Crippen LogP) is 1.02. The Morgan fingerprint density at radius 1 is 1.26 bits per heavy atom. The Hall–Kier alpha value is -0.980. The second-order valence-corrected chi connectivity index (χ2v) is 5.82. The molecule has 1 aromatic rings. The van der Waals surface area contributed by atoms with Crippen molar-refractivity contribution in [3.8, 4) is 0 Å². The fourth-order valence-corrected chi connectivity index (χ4v) is 2.69. The van der Waals surface area contributed by atoms with Crippen molar-refractivity contribution in [3.05, 3.63) is 35.9 Å². The fourth-order valence-electron chi connectivity index (χ4n) is 2.69. The molecule has 0 bridgehead atoms. The van der Waals surface area contributed by atoms with Crippen LogP contribution < -0.4 is 5.73 Å². The average Bonchev–Trinajstić information content (AvgIpc) is 2.56. The third-order valence-electron chi connectivity index (χ3n) is 4.05. The zero-order valence-electron chi connectivity index (χ0n) is 13.4. The van der Waals surface area contributed by atoms with Crippen LogP contribution in [0, 0.1) is 0 Å². The van der Waals surface area contributed by atoms with Gasteiger partial charge in [-0.05, 0) is 24.9 Å². The minimum atomic E-state index is -1.08. The zero-order chi connectivity index (χ0) is 15.8. The number of aliphatic hydroxyl groups excluding tert-OH is 1. The van der Waals surface area contributed by atoms with E-state index in [9.17, 15) is 9.90 Å². The number of morpholine rings is 1. The molecule has 0 aromatic heterocycles. The van der Waals surface area contributed by atoms with E-state index in [2.05, 4.69) is 4.90 Å². The van der Waals surface area contributed by atoms with Gasteiger partial charge in [-0.25, -0.2) is 0 Å². The summed E-state index contributed by atoms with van der Waals surface area (Å²) in [5.41, 5.74) is 7.00. The van der Waals surface area contributed by atoms with Crippen LogP contribution in [0.3, 0.4) is 0 Å². The Balaban J connectivity index is 0.00000264. The highest BCUT2D eigenvalue weighted by molar-refractivity contribution is 5.85. The molecule has 1 aromatic carbocycles. The van der Waals surface area contributed by atoms with E-state index in [-0.39, 0.29) is 18.2 Å². The second-order valence-electron chi connectivity index (χ2n) is 5.82. The first-order chi connectivity index (χ1) is 10.7. The standard InChI is InChI=1S/C17H26N2O3.ClH/c18-15(13-14-5-2-1-3-6-14)17(21)16(20)7-4-8-19-9-11-22-12-10-19;/h1-3,5-6,15,17,21H,4,7-13,18H2;1H. The first kappa shape index (κ1) is 20.1. The predicted molar refractivity (Wildman–Crippen MR) is 92.9 cm³/mol. The summed E-state index contributed by atoms with van der Waals surface area (Å²) in [7, 11) is 0. The summed E-state index contributed by atoms with van der Waals surface area (Å²) < 4.78 is 5.29. The van der Waals surface area contributed by atoms with E-state index in [0.717, 1.165) is 44.8 Å². The maximum absolute atomic E-state index is 12.0. The molecule has 0 saturated carbocycles. The van der Waals surface area contributed by atoms with Gasteiger partial charge in [-0.15, -0.1) is 12.4 Å². The summed E-state index contributed by atoms with van der Waals surface area (Å²) in [6.07, 6.45) is 0.566. The van der Waals surface area contributed by atoms with E-state index in [1.807, 2.05) is 30.3 Å². The molecule has 0 aliphatic carbocycles. The highest BCUT2D eigenvalue weighted by atomic mass is 35.5. The molecule has 1 aliphatic heterocycles. The van der Waals surface area contributed by atoms with Crippen molar-refractivity contribution in [3.63, 3.8) is 0 Å². The van der Waals surface area contributed by atoms with Gasteiger partial charge in [0.1, 0.15) is 6.10 Å². The average molecular weight is 343 g/mol. The number of nitrogens with two attached hydrogens (primary N) is 1. The van der Waals surface area contributed by atoms with E-state index >= 15 is 0 Å². The van der Waals surface area contributed by atoms with Crippen molar-refractivity contribution in [2.75, 3.05) is 32.8 Å². The molecule has 1 heterocycles. The summed E-state index contributed by atoms with van der Waals surface area (Å²) in [6.45, 7) is 4.24. The van der Waals surface area contributed by atoms with Crippen LogP contribution in [0.2, 0.25) is 0 Å². The molecule has 2 unspecified atom stereocenters. The monoisotopic (exact) mass is 342 g/mol. The van der Waals surface area contributed by atoms with Crippen LogP contribution in [-0.2, 0) is 16.0 Å². The summed E-state index contributed by atoms with van der Waals surface area (Å²) in [5.74, 6) is -0.156. The van der Waals surface area contributed by atoms with Crippen LogP contribution in [0.5, 0.6) is 0 Å². The fraction of sp³-hybridized carbons (Fsp3) is 0.588. The summed E-state index contributed by atoms with van der Waals surface area (Å²) in [6, 6.07) is 9.16. The van der Waals surface area contributed by atoms with Crippen molar-refractivity contribution in [2.24, 2.45) is 5.73 Å². The first-order valence-corrected chi connectivity index (χ1v) is 7.97. The Morgan fingerprint density at radius 2 is 1.91 bits per heavy atom. The van der Waals surface area contributed by atoms with Crippen molar-refractivity contribution in [1.29, 1.82) is 0 Å². The molecule has 2 rings (SSSR count). The molecule has 6 heteroatoms. The van der Waals surface area contributed by atoms with Crippen molar-refractivity contribution in [1.82, 2.24) is 4.90 Å². The number of benzene rings is 1. The Labute approximate surface area is 144 Å². The summed E-state index contributed by atoms with van der Waals surface area (Å²) in [5, 5.41) is 10.1. The molecule has 0 amide bonds. The number of ketones is 1. The van der Waals surface area contributed by atoms with Gasteiger partial charge >= 0.3 is 0 Å². The van der Waals surface area contributed by atoms with Gasteiger partial charge in [0.25, 0.3) is 0 Å². The number of halogens is 1. The molecule has 130 valence electrons. The number of ether oxygens (including phenoxy) is 1. The molecular weight excluding hydrogens is 316 g/mol. The topological polar surface area (TPSA) is 75.8 Å². The molecular formula is C17H27ClN2O3. The van der Waals surface area contributed by atoms with Gasteiger partial charge in [0.15, 0.2) is 5.78 Å². The van der Waals surface area contributed by atoms with Gasteiger partial charge in [-0.2, -0.15) is 0 Å². The molecule has 0 radical (unpaired) electrons. The highest BCUT2D eigenvalue weighted by Crippen LogP contribution is 2.08. The quantitative estimate of drug-likeness (QED) is 0.737. The molecule has 23 heavy (non-hydrogen) atoms. The number of Topliss-reactive ketones (excluding diaryl/α,β-unsaturated/α-hetero) is 1. The number of carbonyl (C=O) groups excluding carboxylic acids is 1. The number of aliphatic hydroxyl groups is 1. The lowest BCUT2D eigenvalue weighted by Crippen LogP contribution is -2.42. The maximum Gasteiger partial charge on any atom is 0.162 e. The van der Waals surface area contributed by atoms with Gasteiger partial charge in [-0.1, -0.05) is 30.3 Å². The van der Waals surface area contributed by atoms with Crippen LogP contribution in [-0.4, -0.2) is 60.8 Å². The van der Waals surface area contributed by atoms with Crippen molar-refractivity contribution < 1.29 is 14.6 Å². The normalized spacial score (nSPS) is 18.0. The van der Waals surface area contributed by atoms with Crippen LogP contribution in [0.25, 0.3) is 0 Å². The lowest BCUT2D eigenvalue weighted by atomic mass is 9.97.